The van der Waals surface area contributed by atoms with Gasteiger partial charge in [-0.1, -0.05) is 6.07 Å². The van der Waals surface area contributed by atoms with Crippen LogP contribution < -0.4 is 9.47 Å². The Morgan fingerprint density at radius 3 is 2.06 bits per heavy atom. The first-order valence-corrected chi connectivity index (χ1v) is 9.54. The minimum atomic E-state index is -2.25. The van der Waals surface area contributed by atoms with Crippen molar-refractivity contribution in [2.75, 3.05) is 13.9 Å². The molecule has 176 valence electrons. The van der Waals surface area contributed by atoms with Gasteiger partial charge in [0.05, 0.1) is 5.56 Å². The van der Waals surface area contributed by atoms with Crippen LogP contribution in [0.4, 0.5) is 22.0 Å². The third kappa shape index (κ3) is 6.56. The Morgan fingerprint density at radius 1 is 0.906 bits per heavy atom. The number of benzene rings is 2. The van der Waals surface area contributed by atoms with Gasteiger partial charge in [-0.25, -0.2) is 22.0 Å². The Labute approximate surface area is 182 Å². The number of ether oxygens (including phenoxy) is 4. The van der Waals surface area contributed by atoms with Crippen LogP contribution in [0.2, 0.25) is 0 Å². The molecule has 0 aliphatic rings. The van der Waals surface area contributed by atoms with Crippen LogP contribution in [-0.4, -0.2) is 25.5 Å². The quantitative estimate of drug-likeness (QED) is 0.168. The number of esters is 1. The lowest BCUT2D eigenvalue weighted by atomic mass is 10.1. The molecule has 0 aliphatic heterocycles. The first-order valence-electron chi connectivity index (χ1n) is 9.54. The highest BCUT2D eigenvalue weighted by atomic mass is 19.2. The molecular weight excluding hydrogens is 439 g/mol. The van der Waals surface area contributed by atoms with E-state index >= 15 is 0 Å². The first kappa shape index (κ1) is 25.4. The van der Waals surface area contributed by atoms with E-state index in [1.54, 1.807) is 32.9 Å². The molecule has 0 heterocycles. The first-order chi connectivity index (χ1) is 14.9. The molecule has 0 saturated heterocycles. The fraction of sp³-hybridized carbons (Fsp3) is 0.409. The summed E-state index contributed by atoms with van der Waals surface area (Å²) >= 11 is 0. The fourth-order valence-electron chi connectivity index (χ4n) is 2.65. The molecule has 0 spiro atoms. The zero-order chi connectivity index (χ0) is 24.1. The van der Waals surface area contributed by atoms with Gasteiger partial charge in [0, 0.05) is 19.6 Å². The van der Waals surface area contributed by atoms with Crippen molar-refractivity contribution < 1.29 is 45.7 Å². The molecule has 2 aromatic rings. The smallest absolute Gasteiger partial charge is 0.306 e. The van der Waals surface area contributed by atoms with Crippen LogP contribution in [0.15, 0.2) is 18.2 Å². The van der Waals surface area contributed by atoms with Gasteiger partial charge >= 0.3 is 5.97 Å². The van der Waals surface area contributed by atoms with Crippen LogP contribution in [0.1, 0.15) is 38.3 Å². The standard InChI is InChI=1S/C22H23F5O5/c1-22(2,3)32-16(28)8-6-12-5-7-13(31-11-29-4)9-15(12)30-10-14-17(23)19(25)21(27)20(26)18(14)24/h5,7,9H,6,8,10-11H2,1-4H3. The predicted molar refractivity (Wildman–Crippen MR) is 104 cm³/mol. The van der Waals surface area contributed by atoms with Gasteiger partial charge in [0.15, 0.2) is 30.1 Å². The van der Waals surface area contributed by atoms with Crippen LogP contribution >= 0.6 is 0 Å². The van der Waals surface area contributed by atoms with Gasteiger partial charge < -0.3 is 18.9 Å². The molecule has 0 radical (unpaired) electrons. The van der Waals surface area contributed by atoms with Crippen LogP contribution in [-0.2, 0) is 27.3 Å². The molecule has 0 fully saturated rings. The van der Waals surface area contributed by atoms with Crippen molar-refractivity contribution >= 4 is 5.97 Å². The number of aryl methyl sites for hydroxylation is 1. The lowest BCUT2D eigenvalue weighted by Crippen LogP contribution is -2.24. The third-order valence-corrected chi connectivity index (χ3v) is 4.07. The summed E-state index contributed by atoms with van der Waals surface area (Å²) in [4.78, 5) is 12.0. The maximum absolute atomic E-state index is 14.0. The lowest BCUT2D eigenvalue weighted by Gasteiger charge is -2.20. The Bertz CT molecular complexity index is 943. The van der Waals surface area contributed by atoms with E-state index in [2.05, 4.69) is 0 Å². The van der Waals surface area contributed by atoms with E-state index in [0.29, 0.717) is 5.56 Å². The third-order valence-electron chi connectivity index (χ3n) is 4.07. The zero-order valence-corrected chi connectivity index (χ0v) is 18.0. The number of carbonyl (C=O) groups excluding carboxylic acids is 1. The molecule has 2 rings (SSSR count). The van der Waals surface area contributed by atoms with Gasteiger partial charge in [-0.3, -0.25) is 4.79 Å². The average Bonchev–Trinajstić information content (AvgIpc) is 2.72. The summed E-state index contributed by atoms with van der Waals surface area (Å²) in [5.74, 6) is -10.5. The topological polar surface area (TPSA) is 54.0 Å². The molecule has 5 nitrogen and oxygen atoms in total. The molecule has 10 heteroatoms. The lowest BCUT2D eigenvalue weighted by molar-refractivity contribution is -0.154. The van der Waals surface area contributed by atoms with Gasteiger partial charge in [-0.2, -0.15) is 0 Å². The monoisotopic (exact) mass is 462 g/mol. The highest BCUT2D eigenvalue weighted by Gasteiger charge is 2.26. The zero-order valence-electron chi connectivity index (χ0n) is 18.0. The summed E-state index contributed by atoms with van der Waals surface area (Å²) in [6.45, 7) is 4.09. The van der Waals surface area contributed by atoms with E-state index in [1.165, 1.54) is 13.2 Å². The van der Waals surface area contributed by atoms with Crippen molar-refractivity contribution in [3.05, 3.63) is 58.4 Å². The maximum atomic E-state index is 14.0. The van der Waals surface area contributed by atoms with Crippen molar-refractivity contribution in [2.45, 2.75) is 45.8 Å². The normalized spacial score (nSPS) is 11.4. The van der Waals surface area contributed by atoms with Crippen molar-refractivity contribution in [2.24, 2.45) is 0 Å². The molecule has 0 aromatic heterocycles. The summed E-state index contributed by atoms with van der Waals surface area (Å²) in [6.07, 6.45) is 0.0976. The van der Waals surface area contributed by atoms with Gasteiger partial charge in [0.25, 0.3) is 0 Å². The summed E-state index contributed by atoms with van der Waals surface area (Å²) < 4.78 is 88.8. The molecule has 0 unspecified atom stereocenters. The van der Waals surface area contributed by atoms with E-state index in [4.69, 9.17) is 18.9 Å². The predicted octanol–water partition coefficient (Wildman–Crippen LogP) is 5.22. The summed E-state index contributed by atoms with van der Waals surface area (Å²) in [7, 11) is 1.40. The van der Waals surface area contributed by atoms with Gasteiger partial charge in [0.1, 0.15) is 23.7 Å². The van der Waals surface area contributed by atoms with E-state index in [1.807, 2.05) is 0 Å². The Kier molecular flexibility index (Phi) is 8.43. The molecule has 0 amide bonds. The number of rotatable bonds is 9. The van der Waals surface area contributed by atoms with Crippen molar-refractivity contribution in [1.82, 2.24) is 0 Å². The van der Waals surface area contributed by atoms with E-state index in [9.17, 15) is 26.7 Å². The Morgan fingerprint density at radius 2 is 1.50 bits per heavy atom. The van der Waals surface area contributed by atoms with Gasteiger partial charge in [0.2, 0.25) is 5.82 Å². The number of hydrogen-bond acceptors (Lipinski definition) is 5. The number of halogens is 5. The highest BCUT2D eigenvalue weighted by Crippen LogP contribution is 2.29. The van der Waals surface area contributed by atoms with E-state index in [-0.39, 0.29) is 31.1 Å². The van der Waals surface area contributed by atoms with Gasteiger partial charge in [-0.15, -0.1) is 0 Å². The second kappa shape index (κ2) is 10.6. The van der Waals surface area contributed by atoms with E-state index in [0.717, 1.165) is 0 Å². The van der Waals surface area contributed by atoms with Crippen LogP contribution in [0.3, 0.4) is 0 Å². The van der Waals surface area contributed by atoms with Crippen LogP contribution in [0, 0.1) is 29.1 Å². The minimum absolute atomic E-state index is 0.0333. The minimum Gasteiger partial charge on any atom is -0.488 e. The van der Waals surface area contributed by atoms with Crippen molar-refractivity contribution in [1.29, 1.82) is 0 Å². The van der Waals surface area contributed by atoms with Crippen LogP contribution in [0.5, 0.6) is 11.5 Å². The second-order valence-electron chi connectivity index (χ2n) is 7.74. The second-order valence-corrected chi connectivity index (χ2v) is 7.74. The summed E-state index contributed by atoms with van der Waals surface area (Å²) in [6, 6.07) is 4.45. The SMILES string of the molecule is COCOc1ccc(CCC(=O)OC(C)(C)C)c(OCc2c(F)c(F)c(F)c(F)c2F)c1. The average molecular weight is 462 g/mol. The molecular formula is C22H23F5O5. The number of hydrogen-bond donors (Lipinski definition) is 0. The van der Waals surface area contributed by atoms with Crippen molar-refractivity contribution in [3.8, 4) is 11.5 Å². The Balaban J connectivity index is 2.27. The molecule has 32 heavy (non-hydrogen) atoms. The van der Waals surface area contributed by atoms with Crippen molar-refractivity contribution in [3.63, 3.8) is 0 Å². The van der Waals surface area contributed by atoms with E-state index < -0.39 is 52.8 Å². The molecule has 0 bridgehead atoms. The number of methoxy groups -OCH3 is 1. The molecule has 2 aromatic carbocycles. The summed E-state index contributed by atoms with van der Waals surface area (Å²) in [5.41, 5.74) is -1.37. The fourth-order valence-corrected chi connectivity index (χ4v) is 2.65. The Hall–Kier alpha value is -2.88. The molecule has 0 saturated carbocycles. The summed E-state index contributed by atoms with van der Waals surface area (Å²) in [5, 5.41) is 0. The van der Waals surface area contributed by atoms with Crippen LogP contribution in [0.25, 0.3) is 0 Å². The largest absolute Gasteiger partial charge is 0.488 e. The van der Waals surface area contributed by atoms with Gasteiger partial charge in [-0.05, 0) is 38.8 Å². The molecule has 0 aliphatic carbocycles. The maximum Gasteiger partial charge on any atom is 0.306 e. The highest BCUT2D eigenvalue weighted by molar-refractivity contribution is 5.70. The molecule has 0 atom stereocenters. The number of carbonyl (C=O) groups is 1. The molecule has 0 N–H and O–H groups in total.